The second-order valence-corrected chi connectivity index (χ2v) is 9.98. The third-order valence-electron chi connectivity index (χ3n) is 5.19. The van der Waals surface area contributed by atoms with E-state index in [9.17, 15) is 18.3 Å². The van der Waals surface area contributed by atoms with Crippen LogP contribution in [0.15, 0.2) is 59.1 Å². The van der Waals surface area contributed by atoms with E-state index in [0.29, 0.717) is 5.00 Å². The summed E-state index contributed by atoms with van der Waals surface area (Å²) in [6.45, 7) is 3.64. The quantitative estimate of drug-likeness (QED) is 0.642. The van der Waals surface area contributed by atoms with E-state index in [0.717, 1.165) is 22.5 Å². The smallest absolute Gasteiger partial charge is 0.325 e. The molecule has 0 bridgehead atoms. The fourth-order valence-corrected chi connectivity index (χ4v) is 6.37. The summed E-state index contributed by atoms with van der Waals surface area (Å²) in [5.74, 6) is -1.96. The standard InChI is InChI=1S/C19H19N3O4S2/c1-12-10-20-22(11-12)15-8-9-16(27-15)28(25,26)21-19(18(23)24)13(2)17(19)14-6-4-3-5-7-14/h3-11,13,17,21H,1-2H3,(H,23,24)/t13?,17-,19-/m0/s1. The number of carbonyl (C=O) groups is 1. The van der Waals surface area contributed by atoms with Gasteiger partial charge < -0.3 is 5.11 Å². The maximum Gasteiger partial charge on any atom is 0.325 e. The zero-order valence-electron chi connectivity index (χ0n) is 15.2. The molecular formula is C19H19N3O4S2. The Bertz CT molecular complexity index is 1140. The van der Waals surface area contributed by atoms with Gasteiger partial charge >= 0.3 is 5.97 Å². The molecule has 0 radical (unpaired) electrons. The molecule has 0 spiro atoms. The lowest BCUT2D eigenvalue weighted by molar-refractivity contribution is -0.140. The second kappa shape index (κ2) is 6.54. The molecule has 7 nitrogen and oxygen atoms in total. The van der Waals surface area contributed by atoms with Crippen LogP contribution in [-0.4, -0.2) is 34.8 Å². The number of rotatable bonds is 6. The average molecular weight is 418 g/mol. The van der Waals surface area contributed by atoms with Gasteiger partial charge in [-0.05, 0) is 36.1 Å². The lowest BCUT2D eigenvalue weighted by Crippen LogP contribution is -2.45. The minimum atomic E-state index is -4.01. The number of aryl methyl sites for hydroxylation is 1. The summed E-state index contributed by atoms with van der Waals surface area (Å²) >= 11 is 1.04. The lowest BCUT2D eigenvalue weighted by atomic mass is 10.1. The predicted molar refractivity (Wildman–Crippen MR) is 105 cm³/mol. The highest BCUT2D eigenvalue weighted by Crippen LogP contribution is 2.58. The Morgan fingerprint density at radius 1 is 1.25 bits per heavy atom. The van der Waals surface area contributed by atoms with Crippen LogP contribution >= 0.6 is 11.3 Å². The molecule has 2 aromatic heterocycles. The summed E-state index contributed by atoms with van der Waals surface area (Å²) in [5.41, 5.74) is 0.212. The highest BCUT2D eigenvalue weighted by atomic mass is 32.2. The van der Waals surface area contributed by atoms with Gasteiger partial charge in [-0.25, -0.2) is 13.1 Å². The van der Waals surface area contributed by atoms with E-state index in [1.165, 1.54) is 6.07 Å². The topological polar surface area (TPSA) is 101 Å². The molecule has 1 unspecified atom stereocenters. The summed E-state index contributed by atoms with van der Waals surface area (Å²) < 4.78 is 30.1. The van der Waals surface area contributed by atoms with Crippen LogP contribution in [0.4, 0.5) is 0 Å². The summed E-state index contributed by atoms with van der Waals surface area (Å²) in [7, 11) is -4.01. The van der Waals surface area contributed by atoms with E-state index in [-0.39, 0.29) is 10.1 Å². The third kappa shape index (κ3) is 2.95. The van der Waals surface area contributed by atoms with Gasteiger partial charge in [0.05, 0.1) is 6.20 Å². The molecule has 146 valence electrons. The molecule has 1 aromatic carbocycles. The summed E-state index contributed by atoms with van der Waals surface area (Å²) in [5, 5.41) is 14.7. The molecule has 2 heterocycles. The van der Waals surface area contributed by atoms with Crippen LogP contribution in [0.25, 0.3) is 5.00 Å². The molecule has 28 heavy (non-hydrogen) atoms. The van der Waals surface area contributed by atoms with Gasteiger partial charge in [0.15, 0.2) is 0 Å². The second-order valence-electron chi connectivity index (χ2n) is 7.01. The lowest BCUT2D eigenvalue weighted by Gasteiger charge is -2.15. The first kappa shape index (κ1) is 18.9. The molecule has 0 amide bonds. The third-order valence-corrected chi connectivity index (χ3v) is 8.24. The van der Waals surface area contributed by atoms with Crippen molar-refractivity contribution in [2.75, 3.05) is 0 Å². The summed E-state index contributed by atoms with van der Waals surface area (Å²) in [6, 6.07) is 12.3. The largest absolute Gasteiger partial charge is 0.480 e. The van der Waals surface area contributed by atoms with Crippen molar-refractivity contribution in [3.05, 3.63) is 66.0 Å². The highest BCUT2D eigenvalue weighted by molar-refractivity contribution is 7.91. The van der Waals surface area contributed by atoms with Crippen LogP contribution in [0, 0.1) is 12.8 Å². The van der Waals surface area contributed by atoms with E-state index in [4.69, 9.17) is 0 Å². The van der Waals surface area contributed by atoms with Crippen molar-refractivity contribution >= 4 is 27.3 Å². The minimum absolute atomic E-state index is 0.0576. The number of benzene rings is 1. The van der Waals surface area contributed by atoms with Gasteiger partial charge in [0.25, 0.3) is 10.0 Å². The minimum Gasteiger partial charge on any atom is -0.480 e. The monoisotopic (exact) mass is 417 g/mol. The molecule has 3 aromatic rings. The van der Waals surface area contributed by atoms with Gasteiger partial charge in [0.1, 0.15) is 14.7 Å². The van der Waals surface area contributed by atoms with Gasteiger partial charge in [0.2, 0.25) is 0 Å². The number of carboxylic acid groups (broad SMARTS) is 1. The maximum atomic E-state index is 13.0. The summed E-state index contributed by atoms with van der Waals surface area (Å²) in [4.78, 5) is 12.1. The average Bonchev–Trinajstić information content (AvgIpc) is 3.06. The van der Waals surface area contributed by atoms with Crippen molar-refractivity contribution in [3.8, 4) is 5.00 Å². The zero-order chi connectivity index (χ0) is 20.1. The van der Waals surface area contributed by atoms with E-state index in [1.807, 2.05) is 37.3 Å². The Kier molecular flexibility index (Phi) is 4.40. The molecule has 0 saturated heterocycles. The summed E-state index contributed by atoms with van der Waals surface area (Å²) in [6.07, 6.45) is 3.48. The van der Waals surface area contributed by atoms with E-state index in [1.54, 1.807) is 30.1 Å². The maximum absolute atomic E-state index is 13.0. The van der Waals surface area contributed by atoms with Crippen LogP contribution < -0.4 is 4.72 Å². The van der Waals surface area contributed by atoms with Gasteiger partial charge in [-0.15, -0.1) is 11.3 Å². The Labute approximate surface area is 166 Å². The van der Waals surface area contributed by atoms with Crippen LogP contribution in [0.2, 0.25) is 0 Å². The number of aromatic nitrogens is 2. The predicted octanol–water partition coefficient (Wildman–Crippen LogP) is 2.78. The first-order chi connectivity index (χ1) is 13.3. The number of sulfonamides is 1. The van der Waals surface area contributed by atoms with Crippen molar-refractivity contribution in [2.45, 2.75) is 29.5 Å². The Morgan fingerprint density at radius 2 is 1.96 bits per heavy atom. The van der Waals surface area contributed by atoms with Crippen LogP contribution in [-0.2, 0) is 14.8 Å². The molecule has 1 saturated carbocycles. The number of hydrogen-bond donors (Lipinski definition) is 2. The van der Waals surface area contributed by atoms with Gasteiger partial charge in [-0.2, -0.15) is 9.82 Å². The Balaban J connectivity index is 1.65. The van der Waals surface area contributed by atoms with Crippen LogP contribution in [0.3, 0.4) is 0 Å². The fraction of sp³-hybridized carbons (Fsp3) is 0.263. The number of carboxylic acids is 1. The van der Waals surface area contributed by atoms with Gasteiger partial charge in [-0.1, -0.05) is 37.3 Å². The number of nitrogens with zero attached hydrogens (tertiary/aromatic N) is 2. The molecule has 1 aliphatic rings. The molecule has 0 aliphatic heterocycles. The SMILES string of the molecule is Cc1cnn(-c2ccc(S(=O)(=O)N[C@@]3(C(=O)O)C(C)[C@H]3c3ccccc3)s2)c1. The van der Waals surface area contributed by atoms with Crippen molar-refractivity contribution in [1.82, 2.24) is 14.5 Å². The number of hydrogen-bond acceptors (Lipinski definition) is 5. The van der Waals surface area contributed by atoms with Crippen molar-refractivity contribution in [3.63, 3.8) is 0 Å². The number of nitrogens with one attached hydrogen (secondary N) is 1. The first-order valence-corrected chi connectivity index (χ1v) is 11.0. The normalized spacial score (nSPS) is 24.2. The van der Waals surface area contributed by atoms with E-state index >= 15 is 0 Å². The zero-order valence-corrected chi connectivity index (χ0v) is 16.9. The van der Waals surface area contributed by atoms with Crippen LogP contribution in [0.5, 0.6) is 0 Å². The van der Waals surface area contributed by atoms with Crippen molar-refractivity contribution in [2.24, 2.45) is 5.92 Å². The van der Waals surface area contributed by atoms with Gasteiger partial charge in [-0.3, -0.25) is 4.79 Å². The van der Waals surface area contributed by atoms with Crippen molar-refractivity contribution in [1.29, 1.82) is 0 Å². The first-order valence-electron chi connectivity index (χ1n) is 8.69. The Morgan fingerprint density at radius 3 is 2.57 bits per heavy atom. The highest BCUT2D eigenvalue weighted by Gasteiger charge is 2.70. The number of thiophene rings is 1. The molecule has 1 fully saturated rings. The molecule has 1 aliphatic carbocycles. The van der Waals surface area contributed by atoms with Gasteiger partial charge in [0, 0.05) is 12.1 Å². The van der Waals surface area contributed by atoms with E-state index in [2.05, 4.69) is 9.82 Å². The molecule has 3 atom stereocenters. The molecule has 2 N–H and O–H groups in total. The molecule has 4 rings (SSSR count). The number of aliphatic carboxylic acids is 1. The molecular weight excluding hydrogens is 398 g/mol. The fourth-order valence-electron chi connectivity index (χ4n) is 3.68. The Hall–Kier alpha value is -2.49. The molecule has 9 heteroatoms. The van der Waals surface area contributed by atoms with Crippen LogP contribution in [0.1, 0.15) is 24.0 Å². The van der Waals surface area contributed by atoms with E-state index < -0.39 is 27.4 Å². The van der Waals surface area contributed by atoms with Crippen molar-refractivity contribution < 1.29 is 18.3 Å².